The van der Waals surface area contributed by atoms with Crippen LogP contribution in [-0.4, -0.2) is 72.0 Å². The molecule has 1 saturated heterocycles. The van der Waals surface area contributed by atoms with Crippen LogP contribution < -0.4 is 24.8 Å². The van der Waals surface area contributed by atoms with Crippen LogP contribution in [0.25, 0.3) is 11.1 Å². The van der Waals surface area contributed by atoms with E-state index in [1.807, 2.05) is 72.4 Å². The van der Waals surface area contributed by atoms with Gasteiger partial charge in [0.2, 0.25) is 0 Å². The molecule has 0 saturated carbocycles. The highest BCUT2D eigenvalue weighted by Gasteiger charge is 2.32. The Morgan fingerprint density at radius 3 is 2.64 bits per heavy atom. The van der Waals surface area contributed by atoms with Gasteiger partial charge in [0.25, 0.3) is 11.8 Å². The summed E-state index contributed by atoms with van der Waals surface area (Å²) in [6.07, 6.45) is 2.35. The van der Waals surface area contributed by atoms with E-state index in [1.54, 1.807) is 25.3 Å². The van der Waals surface area contributed by atoms with Crippen LogP contribution in [0, 0.1) is 6.92 Å². The normalized spacial score (nSPS) is 19.1. The van der Waals surface area contributed by atoms with Crippen molar-refractivity contribution in [3.63, 3.8) is 0 Å². The van der Waals surface area contributed by atoms with Gasteiger partial charge in [0.15, 0.2) is 6.61 Å². The van der Waals surface area contributed by atoms with E-state index in [4.69, 9.17) is 14.2 Å². The molecule has 1 fully saturated rings. The quantitative estimate of drug-likeness (QED) is 0.369. The second kappa shape index (κ2) is 13.2. The molecule has 0 spiro atoms. The Morgan fingerprint density at radius 2 is 1.84 bits per heavy atom. The van der Waals surface area contributed by atoms with E-state index in [2.05, 4.69) is 20.6 Å². The molecule has 2 amide bonds. The molecule has 2 N–H and O–H groups in total. The third kappa shape index (κ3) is 6.86. The van der Waals surface area contributed by atoms with Gasteiger partial charge in [0.1, 0.15) is 23.4 Å². The largest absolute Gasteiger partial charge is 0.496 e. The summed E-state index contributed by atoms with van der Waals surface area (Å²) in [7, 11) is 1.60. The van der Waals surface area contributed by atoms with Crippen molar-refractivity contribution < 1.29 is 23.8 Å². The fourth-order valence-corrected chi connectivity index (χ4v) is 5.69. The highest BCUT2D eigenvalue weighted by Crippen LogP contribution is 2.33. The summed E-state index contributed by atoms with van der Waals surface area (Å²) in [6, 6.07) is 22.2. The first-order valence-electron chi connectivity index (χ1n) is 14.9. The van der Waals surface area contributed by atoms with E-state index in [0.717, 1.165) is 48.4 Å². The number of benzene rings is 3. The highest BCUT2D eigenvalue weighted by molar-refractivity contribution is 5.96. The highest BCUT2D eigenvalue weighted by atomic mass is 16.5. The lowest BCUT2D eigenvalue weighted by atomic mass is 9.99. The Balaban J connectivity index is 1.30. The van der Waals surface area contributed by atoms with E-state index in [-0.39, 0.29) is 30.6 Å². The third-order valence-electron chi connectivity index (χ3n) is 8.18. The van der Waals surface area contributed by atoms with Crippen LogP contribution in [0.5, 0.6) is 17.2 Å². The number of hydrogen-bond acceptors (Lipinski definition) is 7. The number of rotatable bonds is 4. The Labute approximate surface area is 256 Å². The van der Waals surface area contributed by atoms with Crippen LogP contribution in [0.2, 0.25) is 0 Å². The van der Waals surface area contributed by atoms with Crippen LogP contribution in [-0.2, 0) is 17.9 Å². The van der Waals surface area contributed by atoms with E-state index in [9.17, 15) is 9.59 Å². The van der Waals surface area contributed by atoms with Crippen molar-refractivity contribution in [2.24, 2.45) is 0 Å². The molecule has 228 valence electrons. The lowest BCUT2D eigenvalue weighted by Gasteiger charge is -2.39. The number of likely N-dealkylation sites (tertiary alicyclic amines) is 1. The van der Waals surface area contributed by atoms with Crippen LogP contribution in [0.3, 0.4) is 0 Å². The number of hydrogen-bond donors (Lipinski definition) is 2. The van der Waals surface area contributed by atoms with Crippen molar-refractivity contribution in [1.29, 1.82) is 0 Å². The van der Waals surface area contributed by atoms with Crippen molar-refractivity contribution in [1.82, 2.24) is 25.3 Å². The van der Waals surface area contributed by atoms with Gasteiger partial charge in [0.05, 0.1) is 19.7 Å². The Bertz CT molecular complexity index is 1620. The number of amides is 2. The average molecular weight is 596 g/mol. The first kappa shape index (κ1) is 29.3. The van der Waals surface area contributed by atoms with Gasteiger partial charge in [0, 0.05) is 49.2 Å². The lowest BCUT2D eigenvalue weighted by molar-refractivity contribution is -0.123. The number of fused-ring (bicyclic) bond motifs is 7. The number of aromatic nitrogens is 2. The molecular weight excluding hydrogens is 558 g/mol. The standard InChI is InChI=1S/C34H37N5O5/c1-23-12-14-36-39(23)17-16-38-15-13-32-30(21-38)37-34(41)26-8-11-31(42-2)29(19-26)25-4-3-5-28(18-25)43-22-33(40)35-20-24-6-9-27(44-32)10-7-24/h3-12,14,18-19,30,32H,13,15-17,20-22H2,1-2H3,(H,35,40)(H,37,41)/t30-,32-/m1/s1. The van der Waals surface area contributed by atoms with Crippen LogP contribution >= 0.6 is 0 Å². The molecule has 44 heavy (non-hydrogen) atoms. The fraction of sp³-hybridized carbons (Fsp3) is 0.324. The Morgan fingerprint density at radius 1 is 0.977 bits per heavy atom. The summed E-state index contributed by atoms with van der Waals surface area (Å²) >= 11 is 0. The molecule has 2 atom stereocenters. The molecule has 7 rings (SSSR count). The molecule has 4 heterocycles. The number of piperidine rings is 1. The van der Waals surface area contributed by atoms with E-state index < -0.39 is 0 Å². The van der Waals surface area contributed by atoms with Gasteiger partial charge in [-0.25, -0.2) is 0 Å². The van der Waals surface area contributed by atoms with Crippen LogP contribution in [0.4, 0.5) is 0 Å². The van der Waals surface area contributed by atoms with Gasteiger partial charge in [-0.1, -0.05) is 24.3 Å². The van der Waals surface area contributed by atoms with Gasteiger partial charge in [-0.15, -0.1) is 0 Å². The van der Waals surface area contributed by atoms with Crippen LogP contribution in [0.1, 0.15) is 28.0 Å². The number of carbonyl (C=O) groups excluding carboxylic acids is 2. The Hall–Kier alpha value is -4.83. The van der Waals surface area contributed by atoms with Crippen molar-refractivity contribution in [2.45, 2.75) is 38.6 Å². The van der Waals surface area contributed by atoms with Gasteiger partial charge in [-0.05, 0) is 73.0 Å². The fourth-order valence-electron chi connectivity index (χ4n) is 5.69. The smallest absolute Gasteiger partial charge is 0.258 e. The predicted molar refractivity (Wildman–Crippen MR) is 166 cm³/mol. The SMILES string of the molecule is COc1ccc2cc1-c1cccc(c1)OCC(=O)NCc1ccc(cc1)O[C@@H]1CCN(CCn3nccc3C)C[C@H]1NC2=O. The number of nitrogens with zero attached hydrogens (tertiary/aromatic N) is 3. The van der Waals surface area contributed by atoms with Crippen molar-refractivity contribution in [2.75, 3.05) is 33.4 Å². The first-order valence-corrected chi connectivity index (χ1v) is 14.9. The maximum Gasteiger partial charge on any atom is 0.258 e. The minimum Gasteiger partial charge on any atom is -0.496 e. The monoisotopic (exact) mass is 595 g/mol. The van der Waals surface area contributed by atoms with Gasteiger partial charge < -0.3 is 24.8 Å². The second-order valence-electron chi connectivity index (χ2n) is 11.2. The maximum atomic E-state index is 13.8. The van der Waals surface area contributed by atoms with E-state index in [0.29, 0.717) is 35.9 Å². The predicted octanol–water partition coefficient (Wildman–Crippen LogP) is 3.83. The number of aryl methyl sites for hydroxylation is 1. The van der Waals surface area contributed by atoms with Gasteiger partial charge >= 0.3 is 0 Å². The summed E-state index contributed by atoms with van der Waals surface area (Å²) < 4.78 is 19.9. The maximum absolute atomic E-state index is 13.8. The van der Waals surface area contributed by atoms with E-state index in [1.165, 1.54) is 0 Å². The summed E-state index contributed by atoms with van der Waals surface area (Å²) in [5.41, 5.74) is 4.13. The molecule has 3 aliphatic rings. The number of methoxy groups -OCH3 is 1. The third-order valence-corrected chi connectivity index (χ3v) is 8.18. The lowest BCUT2D eigenvalue weighted by Crippen LogP contribution is -2.57. The molecule has 6 bridgehead atoms. The summed E-state index contributed by atoms with van der Waals surface area (Å²) in [6.45, 7) is 5.37. The van der Waals surface area contributed by atoms with Crippen molar-refractivity contribution in [3.8, 4) is 28.4 Å². The van der Waals surface area contributed by atoms with Gasteiger partial charge in [-0.3, -0.25) is 19.2 Å². The average Bonchev–Trinajstić information content (AvgIpc) is 3.47. The van der Waals surface area contributed by atoms with Crippen molar-refractivity contribution in [3.05, 3.63) is 95.8 Å². The summed E-state index contributed by atoms with van der Waals surface area (Å²) in [5, 5.41) is 10.6. The molecule has 4 aromatic rings. The molecular formula is C34H37N5O5. The van der Waals surface area contributed by atoms with Crippen LogP contribution in [0.15, 0.2) is 79.0 Å². The molecule has 10 nitrogen and oxygen atoms in total. The zero-order valence-electron chi connectivity index (χ0n) is 25.0. The molecule has 0 aliphatic carbocycles. The Kier molecular flexibility index (Phi) is 8.79. The summed E-state index contributed by atoms with van der Waals surface area (Å²) in [4.78, 5) is 28.6. The topological polar surface area (TPSA) is 107 Å². The molecule has 3 aliphatic heterocycles. The zero-order chi connectivity index (χ0) is 30.5. The molecule has 10 heteroatoms. The molecule has 3 aromatic carbocycles. The summed E-state index contributed by atoms with van der Waals surface area (Å²) in [5.74, 6) is 1.47. The minimum absolute atomic E-state index is 0.119. The minimum atomic E-state index is -0.248. The van der Waals surface area contributed by atoms with Crippen molar-refractivity contribution >= 4 is 11.8 Å². The second-order valence-corrected chi connectivity index (χ2v) is 11.2. The molecule has 0 radical (unpaired) electrons. The first-order chi connectivity index (χ1) is 21.4. The number of nitrogens with one attached hydrogen (secondary N) is 2. The van der Waals surface area contributed by atoms with Gasteiger partial charge in [-0.2, -0.15) is 5.10 Å². The molecule has 0 unspecified atom stereocenters. The van der Waals surface area contributed by atoms with E-state index >= 15 is 0 Å². The number of carbonyl (C=O) groups is 2. The zero-order valence-corrected chi connectivity index (χ0v) is 25.0. The number of ether oxygens (including phenoxy) is 3. The molecule has 1 aromatic heterocycles.